The minimum Gasteiger partial charge on any atom is -0.315 e. The summed E-state index contributed by atoms with van der Waals surface area (Å²) in [6, 6.07) is 3.07. The molecule has 0 bridgehead atoms. The minimum atomic E-state index is -3.60. The van der Waals surface area contributed by atoms with Gasteiger partial charge in [-0.25, -0.2) is 8.42 Å². The number of halogens is 4. The summed E-state index contributed by atoms with van der Waals surface area (Å²) >= 11 is 15.3. The normalized spacial score (nSPS) is 17.4. The summed E-state index contributed by atoms with van der Waals surface area (Å²) in [6.07, 6.45) is 0.779. The standard InChI is InChI=1S/C11H13BrCl2N2O2S.ClH/c12-8-2-3-9(11(14)10(8)13)19(17,18)16-6-1-4-15-5-7-16;/h2-3,15H,1,4-7H2;1H. The first-order valence-corrected chi connectivity index (χ1v) is 8.78. The summed E-state index contributed by atoms with van der Waals surface area (Å²) in [6.45, 7) is 2.38. The van der Waals surface area contributed by atoms with Crippen LogP contribution in [-0.4, -0.2) is 38.9 Å². The molecule has 1 aliphatic rings. The molecule has 1 N–H and O–H groups in total. The molecule has 0 aromatic heterocycles. The van der Waals surface area contributed by atoms with Gasteiger partial charge < -0.3 is 5.32 Å². The summed E-state index contributed by atoms with van der Waals surface area (Å²) in [7, 11) is -3.60. The van der Waals surface area contributed by atoms with Gasteiger partial charge in [0.25, 0.3) is 0 Å². The molecule has 1 aromatic rings. The first-order valence-electron chi connectivity index (χ1n) is 5.79. The topological polar surface area (TPSA) is 49.4 Å². The van der Waals surface area contributed by atoms with Crippen molar-refractivity contribution in [2.24, 2.45) is 0 Å². The second-order valence-corrected chi connectivity index (χ2v) is 7.70. The monoisotopic (exact) mass is 422 g/mol. The minimum absolute atomic E-state index is 0. The van der Waals surface area contributed by atoms with E-state index in [9.17, 15) is 8.42 Å². The fourth-order valence-corrected chi connectivity index (χ4v) is 4.58. The molecule has 1 aliphatic heterocycles. The molecule has 20 heavy (non-hydrogen) atoms. The Bertz CT molecular complexity index is 575. The van der Waals surface area contributed by atoms with E-state index in [0.29, 0.717) is 24.1 Å². The highest BCUT2D eigenvalue weighted by atomic mass is 79.9. The van der Waals surface area contributed by atoms with Gasteiger partial charge in [-0.2, -0.15) is 4.31 Å². The fourth-order valence-electron chi connectivity index (χ4n) is 1.91. The lowest BCUT2D eigenvalue weighted by Gasteiger charge is -2.20. The molecule has 0 amide bonds. The quantitative estimate of drug-likeness (QED) is 0.742. The van der Waals surface area contributed by atoms with Crippen LogP contribution in [0, 0.1) is 0 Å². The summed E-state index contributed by atoms with van der Waals surface area (Å²) in [4.78, 5) is 0.0595. The second-order valence-electron chi connectivity index (χ2n) is 4.18. The molecule has 1 fully saturated rings. The van der Waals surface area contributed by atoms with Gasteiger partial charge in [-0.3, -0.25) is 0 Å². The Morgan fingerprint density at radius 3 is 2.55 bits per heavy atom. The maximum absolute atomic E-state index is 12.6. The van der Waals surface area contributed by atoms with Crippen molar-refractivity contribution in [2.45, 2.75) is 11.3 Å². The second kappa shape index (κ2) is 7.63. The Kier molecular flexibility index (Phi) is 7.05. The van der Waals surface area contributed by atoms with Crippen molar-refractivity contribution < 1.29 is 8.42 Å². The molecule has 1 aromatic carbocycles. The molecule has 1 heterocycles. The van der Waals surface area contributed by atoms with Gasteiger partial charge >= 0.3 is 0 Å². The van der Waals surface area contributed by atoms with E-state index in [1.807, 2.05) is 0 Å². The van der Waals surface area contributed by atoms with Gasteiger partial charge in [0.2, 0.25) is 10.0 Å². The van der Waals surface area contributed by atoms with Crippen LogP contribution >= 0.6 is 51.5 Å². The van der Waals surface area contributed by atoms with E-state index in [0.717, 1.165) is 13.0 Å². The van der Waals surface area contributed by atoms with Gasteiger partial charge in [0.05, 0.1) is 10.0 Å². The van der Waals surface area contributed by atoms with Crippen LogP contribution in [0.4, 0.5) is 0 Å². The van der Waals surface area contributed by atoms with Crippen LogP contribution in [0.2, 0.25) is 10.0 Å². The first kappa shape index (κ1) is 18.5. The summed E-state index contributed by atoms with van der Waals surface area (Å²) in [5.74, 6) is 0. The molecule has 9 heteroatoms. The smallest absolute Gasteiger partial charge is 0.244 e. The van der Waals surface area contributed by atoms with E-state index in [1.54, 1.807) is 6.07 Å². The number of benzene rings is 1. The Labute approximate surface area is 143 Å². The van der Waals surface area contributed by atoms with Crippen LogP contribution in [0.1, 0.15) is 6.42 Å². The van der Waals surface area contributed by atoms with Crippen LogP contribution in [0.3, 0.4) is 0 Å². The third kappa shape index (κ3) is 3.80. The lowest BCUT2D eigenvalue weighted by atomic mass is 10.4. The molecule has 2 rings (SSSR count). The molecule has 0 atom stereocenters. The van der Waals surface area contributed by atoms with Gasteiger partial charge in [-0.05, 0) is 41.0 Å². The maximum Gasteiger partial charge on any atom is 0.244 e. The van der Waals surface area contributed by atoms with Gasteiger partial charge in [0.15, 0.2) is 0 Å². The zero-order valence-corrected chi connectivity index (χ0v) is 15.1. The largest absolute Gasteiger partial charge is 0.315 e. The maximum atomic E-state index is 12.6. The van der Waals surface area contributed by atoms with Gasteiger partial charge in [0, 0.05) is 24.1 Å². The summed E-state index contributed by atoms with van der Waals surface area (Å²) in [5.41, 5.74) is 0. The van der Waals surface area contributed by atoms with Crippen molar-refractivity contribution in [3.8, 4) is 0 Å². The number of rotatable bonds is 2. The average molecular weight is 425 g/mol. The molecule has 114 valence electrons. The highest BCUT2D eigenvalue weighted by Crippen LogP contribution is 2.36. The van der Waals surface area contributed by atoms with Crippen LogP contribution < -0.4 is 5.32 Å². The first-order chi connectivity index (χ1) is 8.94. The molecule has 1 saturated heterocycles. The number of nitrogens with zero attached hydrogens (tertiary/aromatic N) is 1. The molecule has 0 unspecified atom stereocenters. The summed E-state index contributed by atoms with van der Waals surface area (Å²) < 4.78 is 27.2. The summed E-state index contributed by atoms with van der Waals surface area (Å²) in [5, 5.41) is 3.44. The number of hydrogen-bond acceptors (Lipinski definition) is 3. The third-order valence-corrected chi connectivity index (χ3v) is 6.74. The average Bonchev–Trinajstić information content (AvgIpc) is 2.65. The lowest BCUT2D eigenvalue weighted by molar-refractivity contribution is 0.432. The zero-order chi connectivity index (χ0) is 14.0. The van der Waals surface area contributed by atoms with E-state index in [4.69, 9.17) is 23.2 Å². The van der Waals surface area contributed by atoms with Gasteiger partial charge in [0.1, 0.15) is 4.90 Å². The van der Waals surface area contributed by atoms with Crippen LogP contribution in [0.5, 0.6) is 0 Å². The molecule has 4 nitrogen and oxygen atoms in total. The highest BCUT2D eigenvalue weighted by Gasteiger charge is 2.28. The van der Waals surface area contributed by atoms with E-state index in [-0.39, 0.29) is 27.3 Å². The predicted octanol–water partition coefficient (Wildman–Crippen LogP) is 3.16. The zero-order valence-electron chi connectivity index (χ0n) is 10.4. The molecule has 0 spiro atoms. The van der Waals surface area contributed by atoms with Crippen LogP contribution in [-0.2, 0) is 10.0 Å². The predicted molar refractivity (Wildman–Crippen MR) is 87.7 cm³/mol. The Morgan fingerprint density at radius 1 is 1.15 bits per heavy atom. The Balaban J connectivity index is 0.00000200. The van der Waals surface area contributed by atoms with E-state index in [2.05, 4.69) is 21.2 Å². The molecule has 0 radical (unpaired) electrons. The fraction of sp³-hybridized carbons (Fsp3) is 0.455. The van der Waals surface area contributed by atoms with Crippen molar-refractivity contribution in [3.05, 3.63) is 26.7 Å². The molecule has 0 aliphatic carbocycles. The van der Waals surface area contributed by atoms with Gasteiger partial charge in [-0.15, -0.1) is 12.4 Å². The van der Waals surface area contributed by atoms with Crippen molar-refractivity contribution in [1.82, 2.24) is 9.62 Å². The van der Waals surface area contributed by atoms with Crippen LogP contribution in [0.25, 0.3) is 0 Å². The molecule has 0 saturated carbocycles. The van der Waals surface area contributed by atoms with E-state index < -0.39 is 10.0 Å². The van der Waals surface area contributed by atoms with Crippen molar-refractivity contribution in [1.29, 1.82) is 0 Å². The number of nitrogens with one attached hydrogen (secondary N) is 1. The van der Waals surface area contributed by atoms with Crippen molar-refractivity contribution >= 4 is 61.6 Å². The number of hydrogen-bond donors (Lipinski definition) is 1. The van der Waals surface area contributed by atoms with E-state index in [1.165, 1.54) is 10.4 Å². The third-order valence-electron chi connectivity index (χ3n) is 2.92. The Hall–Kier alpha value is 0.440. The van der Waals surface area contributed by atoms with Gasteiger partial charge in [-0.1, -0.05) is 23.2 Å². The number of sulfonamides is 1. The molecular formula is C11H14BrCl3N2O2S. The molecular weight excluding hydrogens is 410 g/mol. The Morgan fingerprint density at radius 2 is 1.85 bits per heavy atom. The van der Waals surface area contributed by atoms with Crippen molar-refractivity contribution in [2.75, 3.05) is 26.2 Å². The SMILES string of the molecule is Cl.O=S(=O)(c1ccc(Br)c(Cl)c1Cl)N1CCCNCC1. The van der Waals surface area contributed by atoms with E-state index >= 15 is 0 Å². The highest BCUT2D eigenvalue weighted by molar-refractivity contribution is 9.10. The van der Waals surface area contributed by atoms with Crippen LogP contribution in [0.15, 0.2) is 21.5 Å². The lowest BCUT2D eigenvalue weighted by Crippen LogP contribution is -2.34. The van der Waals surface area contributed by atoms with Crippen molar-refractivity contribution in [3.63, 3.8) is 0 Å².